The van der Waals surface area contributed by atoms with Crippen molar-refractivity contribution in [2.45, 2.75) is 20.4 Å². The fourth-order valence-electron chi connectivity index (χ4n) is 2.76. The van der Waals surface area contributed by atoms with Gasteiger partial charge in [0.2, 0.25) is 0 Å². The number of thioether (sulfide) groups is 1. The highest BCUT2D eigenvalue weighted by atomic mass is 32.2. The zero-order valence-corrected chi connectivity index (χ0v) is 18.8. The number of hydrogen-bond donors (Lipinski definition) is 3. The van der Waals surface area contributed by atoms with E-state index in [1.807, 2.05) is 50.2 Å². The van der Waals surface area contributed by atoms with Gasteiger partial charge in [-0.15, -0.1) is 0 Å². The van der Waals surface area contributed by atoms with Gasteiger partial charge in [-0.25, -0.2) is 4.99 Å². The number of hydrazone groups is 1. The van der Waals surface area contributed by atoms with Crippen LogP contribution in [0.25, 0.3) is 0 Å². The Kier molecular flexibility index (Phi) is 8.39. The molecule has 0 saturated carbocycles. The molecule has 0 saturated heterocycles. The molecule has 1 aliphatic rings. The number of hydrogen-bond acceptors (Lipinski definition) is 6. The van der Waals surface area contributed by atoms with Crippen molar-refractivity contribution < 1.29 is 9.59 Å². The first-order valence-electron chi connectivity index (χ1n) is 10.2. The second kappa shape index (κ2) is 11.7. The van der Waals surface area contributed by atoms with Crippen LogP contribution in [0.15, 0.2) is 94.3 Å². The summed E-state index contributed by atoms with van der Waals surface area (Å²) in [5.41, 5.74) is 5.72. The molecule has 3 N–H and O–H groups in total. The molecule has 0 bridgehead atoms. The fraction of sp³-hybridized carbons (Fsp3) is 0.167. The number of carbonyl (C=O) groups excluding carboxylic acids is 2. The van der Waals surface area contributed by atoms with Crippen molar-refractivity contribution in [1.82, 2.24) is 16.1 Å². The molecule has 0 aromatic heterocycles. The summed E-state index contributed by atoms with van der Waals surface area (Å²) >= 11 is 1.53. The summed E-state index contributed by atoms with van der Waals surface area (Å²) in [6.07, 6.45) is 3.23. The lowest BCUT2D eigenvalue weighted by atomic mass is 10.2. The Bertz CT molecular complexity index is 1080. The van der Waals surface area contributed by atoms with Crippen molar-refractivity contribution in [3.8, 4) is 0 Å². The summed E-state index contributed by atoms with van der Waals surface area (Å²) in [5, 5.41) is 10.5. The zero-order valence-electron chi connectivity index (χ0n) is 18.0. The molecule has 0 radical (unpaired) electrons. The summed E-state index contributed by atoms with van der Waals surface area (Å²) in [6, 6.07) is 18.3. The molecule has 8 heteroatoms. The van der Waals surface area contributed by atoms with Crippen molar-refractivity contribution in [1.29, 1.82) is 0 Å². The predicted octanol–water partition coefficient (Wildman–Crippen LogP) is 3.59. The number of rotatable bonds is 7. The van der Waals surface area contributed by atoms with Crippen LogP contribution in [-0.2, 0) is 11.3 Å². The van der Waals surface area contributed by atoms with Crippen LogP contribution >= 0.6 is 11.8 Å². The Labute approximate surface area is 191 Å². The van der Waals surface area contributed by atoms with Gasteiger partial charge in [-0.3, -0.25) is 15.0 Å². The number of amidine groups is 1. The molecule has 0 atom stereocenters. The molecule has 1 aliphatic heterocycles. The Hall–Kier alpha value is -3.65. The topological polar surface area (TPSA) is 95.0 Å². The summed E-state index contributed by atoms with van der Waals surface area (Å²) in [5.74, 6) is 0.0845. The lowest BCUT2D eigenvalue weighted by Gasteiger charge is -2.13. The van der Waals surface area contributed by atoms with Gasteiger partial charge in [0.25, 0.3) is 11.8 Å². The smallest absolute Gasteiger partial charge is 0.268 e. The summed E-state index contributed by atoms with van der Waals surface area (Å²) in [6.45, 7) is 4.19. The molecular weight excluding hydrogens is 422 g/mol. The van der Waals surface area contributed by atoms with E-state index in [-0.39, 0.29) is 11.6 Å². The van der Waals surface area contributed by atoms with Crippen LogP contribution in [0.1, 0.15) is 29.8 Å². The predicted molar refractivity (Wildman–Crippen MR) is 130 cm³/mol. The average Bonchev–Trinajstić information content (AvgIpc) is 2.83. The average molecular weight is 448 g/mol. The highest BCUT2D eigenvalue weighted by molar-refractivity contribution is 8.13. The second-order valence-corrected chi connectivity index (χ2v) is 8.03. The van der Waals surface area contributed by atoms with Gasteiger partial charge < -0.3 is 10.6 Å². The van der Waals surface area contributed by atoms with E-state index in [4.69, 9.17) is 0 Å². The maximum Gasteiger partial charge on any atom is 0.268 e. The number of nitrogens with one attached hydrogen (secondary N) is 3. The van der Waals surface area contributed by atoms with Crippen LogP contribution in [0.2, 0.25) is 0 Å². The molecule has 32 heavy (non-hydrogen) atoms. The molecule has 3 rings (SSSR count). The van der Waals surface area contributed by atoms with E-state index in [9.17, 15) is 9.59 Å². The summed E-state index contributed by atoms with van der Waals surface area (Å²) in [4.78, 5) is 30.1. The number of allylic oxidation sites excluding steroid dienone is 3. The molecule has 2 aromatic carbocycles. The molecule has 2 amide bonds. The molecular formula is C24H25N5O2S. The fourth-order valence-corrected chi connectivity index (χ4v) is 3.30. The SMILES string of the molecule is CCSC1=N/C(=C\C=C(/NC(=O)c2ccccc2)C(=O)NCc2ccccc2)C(C)=NN1. The van der Waals surface area contributed by atoms with Crippen LogP contribution in [0.4, 0.5) is 0 Å². The van der Waals surface area contributed by atoms with E-state index in [0.717, 1.165) is 11.3 Å². The Morgan fingerprint density at radius 3 is 2.44 bits per heavy atom. The van der Waals surface area contributed by atoms with Crippen LogP contribution < -0.4 is 16.1 Å². The van der Waals surface area contributed by atoms with Crippen LogP contribution in [0.5, 0.6) is 0 Å². The van der Waals surface area contributed by atoms with Crippen LogP contribution in [-0.4, -0.2) is 28.4 Å². The Balaban J connectivity index is 1.83. The largest absolute Gasteiger partial charge is 0.347 e. The first-order valence-corrected chi connectivity index (χ1v) is 11.2. The molecule has 1 heterocycles. The Morgan fingerprint density at radius 2 is 1.75 bits per heavy atom. The van der Waals surface area contributed by atoms with E-state index in [2.05, 4.69) is 26.2 Å². The molecule has 0 unspecified atom stereocenters. The third-order valence-electron chi connectivity index (χ3n) is 4.43. The maximum atomic E-state index is 12.9. The molecule has 2 aromatic rings. The number of carbonyl (C=O) groups is 2. The van der Waals surface area contributed by atoms with Crippen molar-refractivity contribution in [2.75, 3.05) is 5.75 Å². The highest BCUT2D eigenvalue weighted by Gasteiger charge is 2.15. The third-order valence-corrected chi connectivity index (χ3v) is 5.17. The minimum absolute atomic E-state index is 0.119. The summed E-state index contributed by atoms with van der Waals surface area (Å²) in [7, 11) is 0. The second-order valence-electron chi connectivity index (χ2n) is 6.78. The van der Waals surface area contributed by atoms with Crippen molar-refractivity contribution >= 4 is 34.5 Å². The number of aliphatic imine (C=N–C) groups is 1. The van der Waals surface area contributed by atoms with Gasteiger partial charge in [0.05, 0.1) is 11.4 Å². The van der Waals surface area contributed by atoms with Gasteiger partial charge in [-0.2, -0.15) is 5.10 Å². The third kappa shape index (κ3) is 6.68. The highest BCUT2D eigenvalue weighted by Crippen LogP contribution is 2.12. The monoisotopic (exact) mass is 447 g/mol. The van der Waals surface area contributed by atoms with E-state index in [1.165, 1.54) is 11.8 Å². The number of benzene rings is 2. The lowest BCUT2D eigenvalue weighted by molar-refractivity contribution is -0.118. The lowest BCUT2D eigenvalue weighted by Crippen LogP contribution is -2.34. The summed E-state index contributed by atoms with van der Waals surface area (Å²) < 4.78 is 0. The normalized spacial score (nSPS) is 14.8. The van der Waals surface area contributed by atoms with E-state index < -0.39 is 5.91 Å². The van der Waals surface area contributed by atoms with Gasteiger partial charge in [0.15, 0.2) is 5.17 Å². The molecule has 0 aliphatic carbocycles. The van der Waals surface area contributed by atoms with Crippen LogP contribution in [0, 0.1) is 0 Å². The number of nitrogens with zero attached hydrogens (tertiary/aromatic N) is 2. The Morgan fingerprint density at radius 1 is 1.06 bits per heavy atom. The van der Waals surface area contributed by atoms with E-state index in [0.29, 0.717) is 28.7 Å². The van der Waals surface area contributed by atoms with E-state index in [1.54, 1.807) is 36.4 Å². The minimum Gasteiger partial charge on any atom is -0.347 e. The van der Waals surface area contributed by atoms with Gasteiger partial charge >= 0.3 is 0 Å². The molecule has 0 fully saturated rings. The molecule has 7 nitrogen and oxygen atoms in total. The standard InChI is InChI=1S/C24H25N5O2S/c1-3-32-24-27-20(17(2)28-29-24)14-15-21(26-22(30)19-12-8-5-9-13-19)23(31)25-16-18-10-6-4-7-11-18/h4-15H,3,16H2,1-2H3,(H,25,31)(H,26,30)(H,27,29)/b20-14-,21-15-. The van der Waals surface area contributed by atoms with Crippen LogP contribution in [0.3, 0.4) is 0 Å². The first-order chi connectivity index (χ1) is 15.6. The van der Waals surface area contributed by atoms with Crippen molar-refractivity contribution in [3.63, 3.8) is 0 Å². The van der Waals surface area contributed by atoms with Crippen molar-refractivity contribution in [2.24, 2.45) is 10.1 Å². The van der Waals surface area contributed by atoms with Gasteiger partial charge in [-0.05, 0) is 42.5 Å². The zero-order chi connectivity index (χ0) is 22.8. The van der Waals surface area contributed by atoms with E-state index >= 15 is 0 Å². The minimum atomic E-state index is -0.398. The molecule has 164 valence electrons. The number of amides is 2. The van der Waals surface area contributed by atoms with Gasteiger partial charge in [0.1, 0.15) is 5.70 Å². The van der Waals surface area contributed by atoms with Gasteiger partial charge in [0, 0.05) is 12.1 Å². The molecule has 0 spiro atoms. The maximum absolute atomic E-state index is 12.9. The quantitative estimate of drug-likeness (QED) is 0.566. The van der Waals surface area contributed by atoms with Gasteiger partial charge in [-0.1, -0.05) is 67.2 Å². The first kappa shape index (κ1) is 23.0. The van der Waals surface area contributed by atoms with Crippen molar-refractivity contribution in [3.05, 3.63) is 95.3 Å².